The van der Waals surface area contributed by atoms with Gasteiger partial charge >= 0.3 is 0 Å². The van der Waals surface area contributed by atoms with Gasteiger partial charge in [-0.05, 0) is 65.0 Å². The van der Waals surface area contributed by atoms with Crippen molar-refractivity contribution in [2.75, 3.05) is 32.1 Å². The molecular formula is C22H32N3O3+. The van der Waals surface area contributed by atoms with Crippen molar-refractivity contribution in [3.8, 4) is 5.75 Å². The number of nitrogens with one attached hydrogen (secondary N) is 2. The lowest BCUT2D eigenvalue weighted by atomic mass is 10.1. The van der Waals surface area contributed by atoms with Gasteiger partial charge in [0.05, 0.1) is 13.7 Å². The van der Waals surface area contributed by atoms with E-state index in [2.05, 4.69) is 23.7 Å². The number of Topliss-reactive ketones (excluding diaryl/α,β-unsaturated/α-hetero) is 1. The molecule has 0 spiro atoms. The molecular weight excluding hydrogens is 354 g/mol. The molecule has 0 aliphatic carbocycles. The van der Waals surface area contributed by atoms with Crippen molar-refractivity contribution in [2.45, 2.75) is 40.7 Å². The number of anilines is 1. The molecule has 1 atom stereocenters. The molecule has 1 aromatic carbocycles. The molecule has 0 radical (unpaired) electrons. The van der Waals surface area contributed by atoms with E-state index < -0.39 is 0 Å². The van der Waals surface area contributed by atoms with Crippen molar-refractivity contribution in [3.05, 3.63) is 47.3 Å². The molecule has 0 bridgehead atoms. The highest BCUT2D eigenvalue weighted by molar-refractivity contribution is 5.98. The summed E-state index contributed by atoms with van der Waals surface area (Å²) in [5.74, 6) is 0.708. The van der Waals surface area contributed by atoms with Crippen LogP contribution in [0.15, 0.2) is 30.3 Å². The number of methoxy groups -OCH3 is 1. The second-order valence-electron chi connectivity index (χ2n) is 7.41. The first-order valence-corrected chi connectivity index (χ1v) is 9.75. The fraction of sp³-hybridized carbons (Fsp3) is 0.455. The van der Waals surface area contributed by atoms with Crippen LogP contribution in [0.5, 0.6) is 5.75 Å². The molecule has 0 aliphatic rings. The Balaban J connectivity index is 2.00. The number of aryl methyl sites for hydroxylation is 1. The van der Waals surface area contributed by atoms with Crippen LogP contribution in [0.3, 0.4) is 0 Å². The molecule has 1 aromatic heterocycles. The second kappa shape index (κ2) is 9.55. The fourth-order valence-corrected chi connectivity index (χ4v) is 3.60. The van der Waals surface area contributed by atoms with Crippen LogP contribution < -0.4 is 15.0 Å². The van der Waals surface area contributed by atoms with Crippen LogP contribution in [0, 0.1) is 13.8 Å². The van der Waals surface area contributed by atoms with E-state index >= 15 is 0 Å². The SMILES string of the molecule is CC[NH+](CC(=O)Nc1ccc(OC)cc1)CC(=O)c1cc(C)n(C(C)C)c1C. The predicted molar refractivity (Wildman–Crippen MR) is 111 cm³/mol. The molecule has 1 amide bonds. The smallest absolute Gasteiger partial charge is 0.279 e. The lowest BCUT2D eigenvalue weighted by molar-refractivity contribution is -0.881. The summed E-state index contributed by atoms with van der Waals surface area (Å²) in [6.45, 7) is 11.5. The number of ketones is 1. The summed E-state index contributed by atoms with van der Waals surface area (Å²) < 4.78 is 7.30. The minimum Gasteiger partial charge on any atom is -0.497 e. The number of aromatic nitrogens is 1. The second-order valence-corrected chi connectivity index (χ2v) is 7.41. The monoisotopic (exact) mass is 386 g/mol. The molecule has 1 unspecified atom stereocenters. The van der Waals surface area contributed by atoms with Gasteiger partial charge < -0.3 is 19.5 Å². The summed E-state index contributed by atoms with van der Waals surface area (Å²) in [4.78, 5) is 26.2. The molecule has 0 aliphatic heterocycles. The minimum absolute atomic E-state index is 0.0779. The number of amides is 1. The number of hydrogen-bond acceptors (Lipinski definition) is 3. The molecule has 0 fully saturated rings. The third-order valence-corrected chi connectivity index (χ3v) is 5.00. The van der Waals surface area contributed by atoms with Crippen LogP contribution in [0.4, 0.5) is 5.69 Å². The molecule has 6 nitrogen and oxygen atoms in total. The zero-order valence-electron chi connectivity index (χ0n) is 17.8. The summed E-state index contributed by atoms with van der Waals surface area (Å²) in [6.07, 6.45) is 0. The molecule has 2 N–H and O–H groups in total. The van der Waals surface area contributed by atoms with Gasteiger partial charge in [0.2, 0.25) is 5.78 Å². The van der Waals surface area contributed by atoms with Gasteiger partial charge in [-0.2, -0.15) is 0 Å². The highest BCUT2D eigenvalue weighted by atomic mass is 16.5. The van der Waals surface area contributed by atoms with E-state index in [-0.39, 0.29) is 18.2 Å². The van der Waals surface area contributed by atoms with E-state index in [1.807, 2.05) is 26.8 Å². The van der Waals surface area contributed by atoms with Crippen molar-refractivity contribution in [2.24, 2.45) is 0 Å². The molecule has 152 valence electrons. The maximum Gasteiger partial charge on any atom is 0.279 e. The topological polar surface area (TPSA) is 64.8 Å². The summed E-state index contributed by atoms with van der Waals surface area (Å²) in [5.41, 5.74) is 3.56. The van der Waals surface area contributed by atoms with Gasteiger partial charge in [0, 0.05) is 28.7 Å². The van der Waals surface area contributed by atoms with Crippen LogP contribution in [-0.2, 0) is 4.79 Å². The van der Waals surface area contributed by atoms with Gasteiger partial charge in [0.1, 0.15) is 12.3 Å². The average Bonchev–Trinajstić information content (AvgIpc) is 2.96. The highest BCUT2D eigenvalue weighted by Gasteiger charge is 2.22. The first-order chi connectivity index (χ1) is 13.3. The Morgan fingerprint density at radius 1 is 1.14 bits per heavy atom. The van der Waals surface area contributed by atoms with Gasteiger partial charge in [-0.1, -0.05) is 0 Å². The molecule has 2 rings (SSSR count). The molecule has 1 heterocycles. The number of rotatable bonds is 9. The zero-order chi connectivity index (χ0) is 20.8. The Labute approximate surface area is 167 Å². The van der Waals surface area contributed by atoms with E-state index in [0.29, 0.717) is 24.8 Å². The van der Waals surface area contributed by atoms with Gasteiger partial charge in [-0.3, -0.25) is 9.59 Å². The van der Waals surface area contributed by atoms with Crippen molar-refractivity contribution in [3.63, 3.8) is 0 Å². The number of quaternary nitrogens is 1. The van der Waals surface area contributed by atoms with E-state index in [9.17, 15) is 9.59 Å². The molecule has 0 saturated heterocycles. The number of carbonyl (C=O) groups excluding carboxylic acids is 2. The Morgan fingerprint density at radius 3 is 2.29 bits per heavy atom. The minimum atomic E-state index is -0.109. The van der Waals surface area contributed by atoms with E-state index in [1.165, 1.54) is 0 Å². The number of nitrogens with zero attached hydrogens (tertiary/aromatic N) is 1. The third kappa shape index (κ3) is 5.23. The highest BCUT2D eigenvalue weighted by Crippen LogP contribution is 2.20. The standard InChI is InChI=1S/C22H31N3O3/c1-7-24(14-22(27)23-18-8-10-19(28-6)11-9-18)13-21(26)20-12-16(4)25(15(2)3)17(20)5/h8-12,15H,7,13-14H2,1-6H3,(H,23,27)/p+1. The Morgan fingerprint density at radius 2 is 1.79 bits per heavy atom. The van der Waals surface area contributed by atoms with Gasteiger partial charge in [0.25, 0.3) is 5.91 Å². The first-order valence-electron chi connectivity index (χ1n) is 9.75. The van der Waals surface area contributed by atoms with E-state index in [4.69, 9.17) is 4.74 Å². The van der Waals surface area contributed by atoms with Crippen LogP contribution >= 0.6 is 0 Å². The average molecular weight is 387 g/mol. The Hall–Kier alpha value is -2.60. The van der Waals surface area contributed by atoms with E-state index in [0.717, 1.165) is 27.6 Å². The maximum atomic E-state index is 12.9. The van der Waals surface area contributed by atoms with Crippen molar-refractivity contribution >= 4 is 17.4 Å². The summed E-state index contributed by atoms with van der Waals surface area (Å²) in [5, 5.41) is 2.88. The fourth-order valence-electron chi connectivity index (χ4n) is 3.60. The molecule has 0 saturated carbocycles. The normalized spacial score (nSPS) is 12.1. The number of benzene rings is 1. The quantitative estimate of drug-likeness (QED) is 0.651. The lowest BCUT2D eigenvalue weighted by Crippen LogP contribution is -3.13. The number of hydrogen-bond donors (Lipinski definition) is 2. The molecule has 6 heteroatoms. The van der Waals surface area contributed by atoms with E-state index in [1.54, 1.807) is 31.4 Å². The summed E-state index contributed by atoms with van der Waals surface area (Å²) in [7, 11) is 1.60. The Kier molecular flexibility index (Phi) is 7.40. The van der Waals surface area contributed by atoms with Crippen molar-refractivity contribution in [1.29, 1.82) is 0 Å². The number of carbonyl (C=O) groups is 2. The van der Waals surface area contributed by atoms with Crippen LogP contribution in [-0.4, -0.2) is 43.0 Å². The number of likely N-dealkylation sites (N-methyl/N-ethyl adjacent to an activating group) is 1. The van der Waals surface area contributed by atoms with Gasteiger partial charge in [-0.15, -0.1) is 0 Å². The largest absolute Gasteiger partial charge is 0.497 e. The summed E-state index contributed by atoms with van der Waals surface area (Å²) in [6, 6.07) is 9.47. The molecule has 28 heavy (non-hydrogen) atoms. The Bertz CT molecular complexity index is 822. The third-order valence-electron chi connectivity index (χ3n) is 5.00. The maximum absolute atomic E-state index is 12.9. The van der Waals surface area contributed by atoms with Crippen LogP contribution in [0.2, 0.25) is 0 Å². The van der Waals surface area contributed by atoms with Crippen LogP contribution in [0.1, 0.15) is 48.6 Å². The van der Waals surface area contributed by atoms with Crippen LogP contribution in [0.25, 0.3) is 0 Å². The zero-order valence-corrected chi connectivity index (χ0v) is 17.8. The predicted octanol–water partition coefficient (Wildman–Crippen LogP) is 2.42. The van der Waals surface area contributed by atoms with Gasteiger partial charge in [-0.25, -0.2) is 0 Å². The van der Waals surface area contributed by atoms with Gasteiger partial charge in [0.15, 0.2) is 6.54 Å². The van der Waals surface area contributed by atoms with Crippen molar-refractivity contribution in [1.82, 2.24) is 4.57 Å². The molecule has 2 aromatic rings. The summed E-state index contributed by atoms with van der Waals surface area (Å²) >= 11 is 0. The lowest BCUT2D eigenvalue weighted by Gasteiger charge is -2.17. The van der Waals surface area contributed by atoms with Crippen molar-refractivity contribution < 1.29 is 19.2 Å². The number of ether oxygens (including phenoxy) is 1. The first kappa shape index (κ1) is 21.7.